The Labute approximate surface area is 127 Å². The van der Waals surface area contributed by atoms with Crippen LogP contribution in [0.3, 0.4) is 0 Å². The molecule has 2 aliphatic carbocycles. The van der Waals surface area contributed by atoms with E-state index in [2.05, 4.69) is 30.4 Å². The molecule has 1 N–H and O–H groups in total. The van der Waals surface area contributed by atoms with E-state index in [1.165, 1.54) is 71.9 Å². The number of fused-ring (bicyclic) bond motifs is 2. The lowest BCUT2D eigenvalue weighted by atomic mass is 9.92. The lowest BCUT2D eigenvalue weighted by molar-refractivity contribution is 0.672. The van der Waals surface area contributed by atoms with Crippen molar-refractivity contribution in [3.8, 4) is 0 Å². The number of pyridine rings is 1. The first-order valence-corrected chi connectivity index (χ1v) is 8.56. The Bertz CT molecular complexity index is 671. The van der Waals surface area contributed by atoms with Crippen molar-refractivity contribution in [1.82, 2.24) is 4.98 Å². The van der Waals surface area contributed by atoms with E-state index in [1.54, 1.807) is 0 Å². The molecule has 0 unspecified atom stereocenters. The second kappa shape index (κ2) is 5.32. The van der Waals surface area contributed by atoms with Crippen LogP contribution in [0.4, 0.5) is 5.69 Å². The molecular formula is C19H24N2. The zero-order valence-electron chi connectivity index (χ0n) is 12.9. The Morgan fingerprint density at radius 3 is 2.86 bits per heavy atom. The summed E-state index contributed by atoms with van der Waals surface area (Å²) < 4.78 is 0. The highest BCUT2D eigenvalue weighted by molar-refractivity contribution is 5.94. The molecule has 4 rings (SSSR count). The smallest absolute Gasteiger partial charge is 0.0726 e. The van der Waals surface area contributed by atoms with Gasteiger partial charge in [-0.05, 0) is 74.1 Å². The van der Waals surface area contributed by atoms with Gasteiger partial charge in [-0.2, -0.15) is 0 Å². The number of hydrogen-bond acceptors (Lipinski definition) is 2. The van der Waals surface area contributed by atoms with E-state index in [0.717, 1.165) is 18.9 Å². The van der Waals surface area contributed by atoms with Crippen molar-refractivity contribution in [1.29, 1.82) is 0 Å². The van der Waals surface area contributed by atoms with Gasteiger partial charge in [-0.3, -0.25) is 4.98 Å². The van der Waals surface area contributed by atoms with E-state index >= 15 is 0 Å². The van der Waals surface area contributed by atoms with Crippen molar-refractivity contribution in [3.05, 3.63) is 35.0 Å². The van der Waals surface area contributed by atoms with E-state index < -0.39 is 0 Å². The molecule has 0 amide bonds. The average Bonchev–Trinajstić information content (AvgIpc) is 3.36. The minimum absolute atomic E-state index is 0.810. The van der Waals surface area contributed by atoms with Crippen molar-refractivity contribution in [3.63, 3.8) is 0 Å². The third-order valence-corrected chi connectivity index (χ3v) is 4.89. The first-order chi connectivity index (χ1) is 10.4. The monoisotopic (exact) mass is 280 g/mol. The van der Waals surface area contributed by atoms with Gasteiger partial charge in [0.1, 0.15) is 0 Å². The fourth-order valence-electron chi connectivity index (χ4n) is 3.56. The Hall–Kier alpha value is -1.57. The summed E-state index contributed by atoms with van der Waals surface area (Å²) in [5, 5.41) is 5.07. The predicted octanol–water partition coefficient (Wildman–Crippen LogP) is 4.81. The highest BCUT2D eigenvalue weighted by atomic mass is 14.9. The van der Waals surface area contributed by atoms with Crippen LogP contribution in [0, 0.1) is 0 Å². The molecule has 1 fully saturated rings. The fraction of sp³-hybridized carbons (Fsp3) is 0.526. The molecule has 0 radical (unpaired) electrons. The van der Waals surface area contributed by atoms with E-state index in [4.69, 9.17) is 4.98 Å². The van der Waals surface area contributed by atoms with Gasteiger partial charge in [0, 0.05) is 23.3 Å². The quantitative estimate of drug-likeness (QED) is 0.869. The van der Waals surface area contributed by atoms with Gasteiger partial charge >= 0.3 is 0 Å². The number of anilines is 1. The fourth-order valence-corrected chi connectivity index (χ4v) is 3.56. The first-order valence-electron chi connectivity index (χ1n) is 8.56. The Morgan fingerprint density at radius 2 is 2.05 bits per heavy atom. The van der Waals surface area contributed by atoms with Crippen molar-refractivity contribution in [2.75, 3.05) is 11.9 Å². The summed E-state index contributed by atoms with van der Waals surface area (Å²) in [5.74, 6) is 0.810. The van der Waals surface area contributed by atoms with Crippen LogP contribution in [0.5, 0.6) is 0 Å². The van der Waals surface area contributed by atoms with Crippen molar-refractivity contribution in [2.24, 2.45) is 0 Å². The summed E-state index contributed by atoms with van der Waals surface area (Å²) in [6, 6.07) is 6.95. The lowest BCUT2D eigenvalue weighted by Crippen LogP contribution is -2.12. The predicted molar refractivity (Wildman–Crippen MR) is 89.1 cm³/mol. The molecule has 110 valence electrons. The Balaban J connectivity index is 1.89. The SMILES string of the molecule is CCCNc1c2c(nc3ccc(C4CC4)cc13)CCCC2. The molecule has 1 heterocycles. The van der Waals surface area contributed by atoms with E-state index in [-0.39, 0.29) is 0 Å². The highest BCUT2D eigenvalue weighted by Gasteiger charge is 2.25. The number of benzene rings is 1. The number of nitrogens with one attached hydrogen (secondary N) is 1. The van der Waals surface area contributed by atoms with E-state index in [0.29, 0.717) is 0 Å². The molecule has 1 saturated carbocycles. The molecule has 2 aliphatic rings. The molecule has 2 nitrogen and oxygen atoms in total. The number of hydrogen-bond donors (Lipinski definition) is 1. The summed E-state index contributed by atoms with van der Waals surface area (Å²) in [4.78, 5) is 4.97. The molecule has 0 saturated heterocycles. The van der Waals surface area contributed by atoms with Crippen LogP contribution < -0.4 is 5.32 Å². The third-order valence-electron chi connectivity index (χ3n) is 4.89. The summed E-state index contributed by atoms with van der Waals surface area (Å²) in [6.45, 7) is 3.29. The molecule has 0 spiro atoms. The largest absolute Gasteiger partial charge is 0.384 e. The maximum Gasteiger partial charge on any atom is 0.0726 e. The van der Waals surface area contributed by atoms with Gasteiger partial charge in [-0.25, -0.2) is 0 Å². The molecule has 1 aromatic carbocycles. The minimum Gasteiger partial charge on any atom is -0.384 e. The average molecular weight is 280 g/mol. The van der Waals surface area contributed by atoms with Crippen molar-refractivity contribution in [2.45, 2.75) is 57.8 Å². The van der Waals surface area contributed by atoms with Gasteiger partial charge in [-0.15, -0.1) is 0 Å². The van der Waals surface area contributed by atoms with Gasteiger partial charge in [0.25, 0.3) is 0 Å². The van der Waals surface area contributed by atoms with Crippen molar-refractivity contribution < 1.29 is 0 Å². The standard InChI is InChI=1S/C19H24N2/c1-2-11-20-19-15-5-3-4-6-17(15)21-18-10-9-14(12-16(18)19)13-7-8-13/h9-10,12-13H,2-8,11H2,1H3,(H,20,21). The van der Waals surface area contributed by atoms with Crippen molar-refractivity contribution >= 4 is 16.6 Å². The molecule has 2 heteroatoms. The maximum atomic E-state index is 4.97. The first kappa shape index (κ1) is 13.1. The minimum atomic E-state index is 0.810. The molecule has 0 atom stereocenters. The Morgan fingerprint density at radius 1 is 1.19 bits per heavy atom. The lowest BCUT2D eigenvalue weighted by Gasteiger charge is -2.22. The highest BCUT2D eigenvalue weighted by Crippen LogP contribution is 2.42. The van der Waals surface area contributed by atoms with Gasteiger partial charge in [0.2, 0.25) is 0 Å². The number of nitrogens with zero attached hydrogens (tertiary/aromatic N) is 1. The summed E-state index contributed by atoms with van der Waals surface area (Å²) in [7, 11) is 0. The molecule has 0 aliphatic heterocycles. The number of rotatable bonds is 4. The van der Waals surface area contributed by atoms with E-state index in [1.807, 2.05) is 0 Å². The Kier molecular flexibility index (Phi) is 3.33. The summed E-state index contributed by atoms with van der Waals surface area (Å²) >= 11 is 0. The van der Waals surface area contributed by atoms with Crippen LogP contribution in [-0.4, -0.2) is 11.5 Å². The van der Waals surface area contributed by atoms with Gasteiger partial charge in [-0.1, -0.05) is 13.0 Å². The maximum absolute atomic E-state index is 4.97. The van der Waals surface area contributed by atoms with E-state index in [9.17, 15) is 0 Å². The zero-order chi connectivity index (χ0) is 14.2. The molecular weight excluding hydrogens is 256 g/mol. The van der Waals surface area contributed by atoms with Crippen LogP contribution >= 0.6 is 0 Å². The number of aryl methyl sites for hydroxylation is 1. The van der Waals surface area contributed by atoms with Crippen LogP contribution in [-0.2, 0) is 12.8 Å². The topological polar surface area (TPSA) is 24.9 Å². The number of aromatic nitrogens is 1. The van der Waals surface area contributed by atoms with Gasteiger partial charge < -0.3 is 5.32 Å². The van der Waals surface area contributed by atoms with Gasteiger partial charge in [0.05, 0.1) is 5.52 Å². The van der Waals surface area contributed by atoms with Crippen LogP contribution in [0.15, 0.2) is 18.2 Å². The molecule has 1 aromatic heterocycles. The molecule has 2 aromatic rings. The second-order valence-electron chi connectivity index (χ2n) is 6.60. The second-order valence-corrected chi connectivity index (χ2v) is 6.60. The zero-order valence-corrected chi connectivity index (χ0v) is 12.9. The summed E-state index contributed by atoms with van der Waals surface area (Å²) in [5.41, 5.74) is 6.92. The van der Waals surface area contributed by atoms with Crippen LogP contribution in [0.2, 0.25) is 0 Å². The molecule has 21 heavy (non-hydrogen) atoms. The van der Waals surface area contributed by atoms with Crippen LogP contribution in [0.1, 0.15) is 61.8 Å². The third kappa shape index (κ3) is 2.41. The summed E-state index contributed by atoms with van der Waals surface area (Å²) in [6.07, 6.45) is 8.83. The van der Waals surface area contributed by atoms with Gasteiger partial charge in [0.15, 0.2) is 0 Å². The molecule has 0 bridgehead atoms. The van der Waals surface area contributed by atoms with Crippen LogP contribution in [0.25, 0.3) is 10.9 Å². The normalized spacial score (nSPS) is 17.8.